The Hall–Kier alpha value is -3.09. The van der Waals surface area contributed by atoms with Crippen molar-refractivity contribution in [2.75, 3.05) is 32.1 Å². The smallest absolute Gasteiger partial charge is 0.262 e. The normalized spacial score (nSPS) is 13.8. The summed E-state index contributed by atoms with van der Waals surface area (Å²) in [7, 11) is 1.55. The fraction of sp³-hybridized carbons (Fsp3) is 0.333. The molecule has 1 heterocycles. The zero-order valence-electron chi connectivity index (χ0n) is 21.6. The van der Waals surface area contributed by atoms with Gasteiger partial charge in [0.25, 0.3) is 5.91 Å². The average Bonchev–Trinajstić information content (AvgIpc) is 2.90. The van der Waals surface area contributed by atoms with Gasteiger partial charge in [0, 0.05) is 24.3 Å². The monoisotopic (exact) mass is 536 g/mol. The predicted molar refractivity (Wildman–Crippen MR) is 154 cm³/mol. The lowest BCUT2D eigenvalue weighted by molar-refractivity contribution is -0.118. The zero-order valence-corrected chi connectivity index (χ0v) is 23.1. The molecule has 0 radical (unpaired) electrons. The lowest BCUT2D eigenvalue weighted by atomic mass is 9.90. The van der Waals surface area contributed by atoms with Crippen LogP contribution in [0.5, 0.6) is 11.5 Å². The molecule has 0 spiro atoms. The van der Waals surface area contributed by atoms with Crippen LogP contribution in [0.15, 0.2) is 60.7 Å². The van der Waals surface area contributed by atoms with Crippen molar-refractivity contribution in [2.45, 2.75) is 33.1 Å². The molecular formula is C30H33ClN2O3S. The topological polar surface area (TPSA) is 50.8 Å². The first-order valence-corrected chi connectivity index (χ1v) is 13.3. The van der Waals surface area contributed by atoms with E-state index in [9.17, 15) is 4.79 Å². The third-order valence-corrected chi connectivity index (χ3v) is 7.52. The lowest BCUT2D eigenvalue weighted by Gasteiger charge is -2.34. The Morgan fingerprint density at radius 3 is 2.49 bits per heavy atom. The van der Waals surface area contributed by atoms with Crippen molar-refractivity contribution in [3.63, 3.8) is 0 Å². The van der Waals surface area contributed by atoms with Crippen molar-refractivity contribution < 1.29 is 14.3 Å². The molecule has 3 aromatic carbocycles. The van der Waals surface area contributed by atoms with Gasteiger partial charge < -0.3 is 19.7 Å². The summed E-state index contributed by atoms with van der Waals surface area (Å²) in [6.07, 6.45) is 3.29. The Balaban J connectivity index is 1.36. The highest BCUT2D eigenvalue weighted by Crippen LogP contribution is 2.37. The number of carbonyl (C=O) groups is 1. The molecule has 0 unspecified atom stereocenters. The quantitative estimate of drug-likeness (QED) is 0.328. The average molecular weight is 537 g/mol. The molecule has 194 valence electrons. The van der Waals surface area contributed by atoms with Crippen LogP contribution in [-0.4, -0.2) is 42.6 Å². The van der Waals surface area contributed by atoms with Gasteiger partial charge in [0.15, 0.2) is 18.1 Å². The highest BCUT2D eigenvalue weighted by Gasteiger charge is 2.23. The Labute approximate surface area is 229 Å². The van der Waals surface area contributed by atoms with E-state index in [1.54, 1.807) is 13.2 Å². The molecule has 0 atom stereocenters. The fourth-order valence-corrected chi connectivity index (χ4v) is 5.30. The zero-order chi connectivity index (χ0) is 26.4. The Morgan fingerprint density at radius 2 is 1.81 bits per heavy atom. The predicted octanol–water partition coefficient (Wildman–Crippen LogP) is 6.61. The van der Waals surface area contributed by atoms with Crippen molar-refractivity contribution >= 4 is 40.4 Å². The minimum Gasteiger partial charge on any atom is -0.493 e. The number of methoxy groups -OCH3 is 1. The number of ether oxygens (including phenoxy) is 2. The number of aryl methyl sites for hydroxylation is 2. The fourth-order valence-electron chi connectivity index (χ4n) is 4.73. The van der Waals surface area contributed by atoms with E-state index in [2.05, 4.69) is 40.5 Å². The summed E-state index contributed by atoms with van der Waals surface area (Å²) in [4.78, 5) is 15.5. The number of hydrogen-bond donors (Lipinski definition) is 1. The highest BCUT2D eigenvalue weighted by atomic mass is 35.5. The van der Waals surface area contributed by atoms with E-state index in [0.717, 1.165) is 59.7 Å². The third kappa shape index (κ3) is 7.02. The maximum Gasteiger partial charge on any atom is 0.262 e. The second-order valence-electron chi connectivity index (χ2n) is 9.57. The Bertz CT molecular complexity index is 1260. The van der Waals surface area contributed by atoms with E-state index in [1.807, 2.05) is 38.1 Å². The molecule has 5 nitrogen and oxygen atoms in total. The highest BCUT2D eigenvalue weighted by molar-refractivity contribution is 7.80. The van der Waals surface area contributed by atoms with Gasteiger partial charge in [-0.25, -0.2) is 0 Å². The molecule has 7 heteroatoms. The molecule has 4 rings (SSSR count). The third-order valence-electron chi connectivity index (χ3n) is 6.75. The summed E-state index contributed by atoms with van der Waals surface area (Å²) in [5.41, 5.74) is 5.08. The number of hydrogen-bond acceptors (Lipinski definition) is 4. The Morgan fingerprint density at radius 1 is 1.08 bits per heavy atom. The first kappa shape index (κ1) is 27.0. The number of halogens is 1. The standard InChI is InChI=1S/C30H33ClN2O3S/c1-20-9-10-26(21(2)15-20)32-28(34)19-36-29-25(31)17-24(18-27(29)35-3)30(37)33-13-11-23(12-14-33)16-22-7-5-4-6-8-22/h4-10,15,17-18,23H,11-14,16,19H2,1-3H3,(H,32,34). The molecule has 0 aliphatic carbocycles. The van der Waals surface area contributed by atoms with Gasteiger partial charge in [-0.3, -0.25) is 4.79 Å². The van der Waals surface area contributed by atoms with E-state index >= 15 is 0 Å². The Kier molecular flexibility index (Phi) is 9.06. The second kappa shape index (κ2) is 12.4. The first-order valence-electron chi connectivity index (χ1n) is 12.5. The van der Waals surface area contributed by atoms with Gasteiger partial charge in [-0.2, -0.15) is 0 Å². The molecule has 0 saturated carbocycles. The molecule has 1 fully saturated rings. The van der Waals surface area contributed by atoms with E-state index < -0.39 is 0 Å². The van der Waals surface area contributed by atoms with Gasteiger partial charge in [-0.1, -0.05) is 71.8 Å². The summed E-state index contributed by atoms with van der Waals surface area (Å²) in [6, 6.07) is 20.1. The van der Waals surface area contributed by atoms with Crippen LogP contribution in [-0.2, 0) is 11.2 Å². The van der Waals surface area contributed by atoms with Gasteiger partial charge in [0.1, 0.15) is 4.99 Å². The molecule has 0 aromatic heterocycles. The van der Waals surface area contributed by atoms with Crippen LogP contribution in [0.1, 0.15) is 35.1 Å². The van der Waals surface area contributed by atoms with Crippen molar-refractivity contribution in [1.29, 1.82) is 0 Å². The molecule has 3 aromatic rings. The largest absolute Gasteiger partial charge is 0.493 e. The number of piperidine rings is 1. The SMILES string of the molecule is COc1cc(C(=S)N2CCC(Cc3ccccc3)CC2)cc(Cl)c1OCC(=O)Nc1ccc(C)cc1C. The van der Waals surface area contributed by atoms with Crippen LogP contribution in [0.4, 0.5) is 5.69 Å². The maximum absolute atomic E-state index is 12.5. The van der Waals surface area contributed by atoms with Crippen molar-refractivity contribution in [1.82, 2.24) is 4.90 Å². The maximum atomic E-state index is 12.5. The summed E-state index contributed by atoms with van der Waals surface area (Å²) in [5.74, 6) is 1.16. The van der Waals surface area contributed by atoms with Crippen LogP contribution in [0, 0.1) is 19.8 Å². The molecule has 1 N–H and O–H groups in total. The molecule has 1 aliphatic rings. The number of rotatable bonds is 8. The van der Waals surface area contributed by atoms with Crippen LogP contribution >= 0.6 is 23.8 Å². The molecular weight excluding hydrogens is 504 g/mol. The van der Waals surface area contributed by atoms with Crippen LogP contribution < -0.4 is 14.8 Å². The number of benzene rings is 3. The van der Waals surface area contributed by atoms with E-state index in [0.29, 0.717) is 22.4 Å². The minimum absolute atomic E-state index is 0.192. The number of nitrogens with zero attached hydrogens (tertiary/aromatic N) is 1. The van der Waals surface area contributed by atoms with Crippen molar-refractivity contribution in [3.05, 3.63) is 87.9 Å². The summed E-state index contributed by atoms with van der Waals surface area (Å²) in [5, 5.41) is 3.24. The molecule has 37 heavy (non-hydrogen) atoms. The number of nitrogens with one attached hydrogen (secondary N) is 1. The van der Waals surface area contributed by atoms with Gasteiger partial charge in [-0.05, 0) is 68.4 Å². The number of anilines is 1. The van der Waals surface area contributed by atoms with Crippen LogP contribution in [0.25, 0.3) is 0 Å². The van der Waals surface area contributed by atoms with E-state index in [1.165, 1.54) is 5.56 Å². The molecule has 1 saturated heterocycles. The summed E-state index contributed by atoms with van der Waals surface area (Å²) < 4.78 is 11.3. The van der Waals surface area contributed by atoms with Gasteiger partial charge in [0.05, 0.1) is 12.1 Å². The van der Waals surface area contributed by atoms with Gasteiger partial charge >= 0.3 is 0 Å². The summed E-state index contributed by atoms with van der Waals surface area (Å²) in [6.45, 7) is 5.60. The van der Waals surface area contributed by atoms with Gasteiger partial charge in [-0.15, -0.1) is 0 Å². The van der Waals surface area contributed by atoms with Crippen molar-refractivity contribution in [3.8, 4) is 11.5 Å². The number of carbonyl (C=O) groups excluding carboxylic acids is 1. The lowest BCUT2D eigenvalue weighted by Crippen LogP contribution is -2.38. The van der Waals surface area contributed by atoms with Crippen molar-refractivity contribution in [2.24, 2.45) is 5.92 Å². The molecule has 1 aliphatic heterocycles. The molecule has 1 amide bonds. The van der Waals surface area contributed by atoms with Gasteiger partial charge in [0.2, 0.25) is 0 Å². The number of likely N-dealkylation sites (tertiary alicyclic amines) is 1. The summed E-state index contributed by atoms with van der Waals surface area (Å²) >= 11 is 12.4. The first-order chi connectivity index (χ1) is 17.8. The van der Waals surface area contributed by atoms with Crippen LogP contribution in [0.2, 0.25) is 5.02 Å². The number of amides is 1. The van der Waals surface area contributed by atoms with E-state index in [-0.39, 0.29) is 12.5 Å². The second-order valence-corrected chi connectivity index (χ2v) is 10.4. The number of thiocarbonyl (C=S) groups is 1. The van der Waals surface area contributed by atoms with Crippen LogP contribution in [0.3, 0.4) is 0 Å². The molecule has 0 bridgehead atoms. The van der Waals surface area contributed by atoms with E-state index in [4.69, 9.17) is 33.3 Å². The minimum atomic E-state index is -0.275.